The Balaban J connectivity index is 5.05. The first-order valence-corrected chi connectivity index (χ1v) is 7.78. The third-order valence-electron chi connectivity index (χ3n) is 4.09. The predicted octanol–water partition coefficient (Wildman–Crippen LogP) is 2.87. The topological polar surface area (TPSA) is 87.7 Å². The van der Waals surface area contributed by atoms with Gasteiger partial charge in [0, 0.05) is 6.54 Å². The minimum absolute atomic E-state index is 0.0308. The van der Waals surface area contributed by atoms with Crippen molar-refractivity contribution in [3.05, 3.63) is 0 Å². The molecule has 0 heterocycles. The van der Waals surface area contributed by atoms with Gasteiger partial charge in [-0.05, 0) is 18.8 Å². The van der Waals surface area contributed by atoms with Crippen molar-refractivity contribution in [2.75, 3.05) is 6.54 Å². The van der Waals surface area contributed by atoms with Gasteiger partial charge < -0.3 is 16.3 Å². The van der Waals surface area contributed by atoms with E-state index in [2.05, 4.69) is 24.3 Å². The van der Waals surface area contributed by atoms with E-state index in [1.807, 2.05) is 13.8 Å². The molecule has 0 aliphatic heterocycles. The Morgan fingerprint density at radius 2 is 1.70 bits per heavy atom. The monoisotopic (exact) mass is 285 g/mol. The Labute approximate surface area is 123 Å². The quantitative estimate of drug-likeness (QED) is 0.249. The van der Waals surface area contributed by atoms with Crippen LogP contribution in [0.15, 0.2) is 5.16 Å². The average Bonchev–Trinajstić information content (AvgIpc) is 2.46. The van der Waals surface area contributed by atoms with Gasteiger partial charge in [-0.1, -0.05) is 58.5 Å². The third kappa shape index (κ3) is 4.69. The lowest BCUT2D eigenvalue weighted by atomic mass is 9.77. The zero-order valence-electron chi connectivity index (χ0n) is 13.4. The lowest BCUT2D eigenvalue weighted by Gasteiger charge is -2.31. The van der Waals surface area contributed by atoms with E-state index in [9.17, 15) is 4.79 Å². The lowest BCUT2D eigenvalue weighted by Crippen LogP contribution is -2.50. The van der Waals surface area contributed by atoms with Gasteiger partial charge in [0.2, 0.25) is 5.91 Å². The molecule has 0 aliphatic rings. The summed E-state index contributed by atoms with van der Waals surface area (Å²) in [5.41, 5.74) is 4.97. The van der Waals surface area contributed by atoms with E-state index in [-0.39, 0.29) is 11.7 Å². The maximum Gasteiger partial charge on any atom is 0.233 e. The highest BCUT2D eigenvalue weighted by atomic mass is 16.4. The molecule has 0 radical (unpaired) electrons. The summed E-state index contributed by atoms with van der Waals surface area (Å²) in [5.74, 6) is 0.402. The van der Waals surface area contributed by atoms with E-state index >= 15 is 0 Å². The molecule has 4 N–H and O–H groups in total. The molecule has 0 fully saturated rings. The number of amides is 1. The highest BCUT2D eigenvalue weighted by Gasteiger charge is 2.41. The molecule has 20 heavy (non-hydrogen) atoms. The summed E-state index contributed by atoms with van der Waals surface area (Å²) in [5, 5.41) is 15.1. The molecule has 0 aliphatic carbocycles. The molecule has 0 aromatic carbocycles. The van der Waals surface area contributed by atoms with Crippen LogP contribution in [0.25, 0.3) is 0 Å². The van der Waals surface area contributed by atoms with Crippen molar-refractivity contribution in [2.45, 2.75) is 66.2 Å². The zero-order chi connectivity index (χ0) is 15.6. The second-order valence-electron chi connectivity index (χ2n) is 5.46. The van der Waals surface area contributed by atoms with Crippen molar-refractivity contribution in [3.63, 3.8) is 0 Å². The van der Waals surface area contributed by atoms with Gasteiger partial charge in [0.25, 0.3) is 0 Å². The van der Waals surface area contributed by atoms with Crippen LogP contribution in [0.3, 0.4) is 0 Å². The second-order valence-corrected chi connectivity index (χ2v) is 5.46. The Hall–Kier alpha value is -1.26. The van der Waals surface area contributed by atoms with Gasteiger partial charge in [0.15, 0.2) is 5.84 Å². The summed E-state index contributed by atoms with van der Waals surface area (Å²) in [6.07, 6.45) is 4.91. The molecule has 0 spiro atoms. The summed E-state index contributed by atoms with van der Waals surface area (Å²) in [6, 6.07) is 0. The number of rotatable bonds is 10. The van der Waals surface area contributed by atoms with Crippen LogP contribution in [-0.2, 0) is 4.79 Å². The number of nitrogens with two attached hydrogens (primary N) is 1. The molecule has 0 aromatic rings. The summed E-state index contributed by atoms with van der Waals surface area (Å²) in [6.45, 7) is 8.90. The Bertz CT molecular complexity index is 306. The number of hydrogen-bond donors (Lipinski definition) is 3. The number of carbonyl (C=O) groups excluding carboxylic acids is 1. The minimum atomic E-state index is -0.871. The zero-order valence-corrected chi connectivity index (χ0v) is 13.4. The number of nitrogens with one attached hydrogen (secondary N) is 1. The first kappa shape index (κ1) is 18.7. The molecule has 118 valence electrons. The molecule has 0 atom stereocenters. The van der Waals surface area contributed by atoms with Gasteiger partial charge in [-0.2, -0.15) is 0 Å². The number of amidine groups is 1. The van der Waals surface area contributed by atoms with Crippen LogP contribution < -0.4 is 11.1 Å². The van der Waals surface area contributed by atoms with Crippen LogP contribution in [0.4, 0.5) is 0 Å². The summed E-state index contributed by atoms with van der Waals surface area (Å²) in [7, 11) is 0. The van der Waals surface area contributed by atoms with Crippen LogP contribution in [-0.4, -0.2) is 23.5 Å². The molecule has 0 saturated carbocycles. The van der Waals surface area contributed by atoms with E-state index in [4.69, 9.17) is 10.9 Å². The molecular formula is C15H31N3O2. The van der Waals surface area contributed by atoms with Gasteiger partial charge in [-0.25, -0.2) is 0 Å². The fourth-order valence-corrected chi connectivity index (χ4v) is 2.66. The third-order valence-corrected chi connectivity index (χ3v) is 4.09. The summed E-state index contributed by atoms with van der Waals surface area (Å²) < 4.78 is 0. The minimum Gasteiger partial charge on any atom is -0.409 e. The van der Waals surface area contributed by atoms with Crippen molar-refractivity contribution in [3.8, 4) is 0 Å². The first-order chi connectivity index (χ1) is 9.52. The van der Waals surface area contributed by atoms with Crippen LogP contribution in [0, 0.1) is 11.3 Å². The lowest BCUT2D eigenvalue weighted by molar-refractivity contribution is -0.128. The van der Waals surface area contributed by atoms with Gasteiger partial charge in [-0.15, -0.1) is 0 Å². The Morgan fingerprint density at radius 3 is 2.05 bits per heavy atom. The summed E-state index contributed by atoms with van der Waals surface area (Å²) >= 11 is 0. The van der Waals surface area contributed by atoms with Gasteiger partial charge >= 0.3 is 0 Å². The van der Waals surface area contributed by atoms with E-state index in [1.54, 1.807) is 0 Å². The Kier molecular flexibility index (Phi) is 9.01. The van der Waals surface area contributed by atoms with E-state index < -0.39 is 5.41 Å². The van der Waals surface area contributed by atoms with Gasteiger partial charge in [0.1, 0.15) is 5.41 Å². The standard InChI is InChI=1S/C15H31N3O2/c1-5-9-15(10-6-2,13(16)18-20)14(19)17-11-12(7-3)8-4/h12,20H,5-11H2,1-4H3,(H2,16,18)(H,17,19). The molecule has 5 nitrogen and oxygen atoms in total. The largest absolute Gasteiger partial charge is 0.409 e. The van der Waals surface area contributed by atoms with Crippen molar-refractivity contribution < 1.29 is 10.0 Å². The normalized spacial score (nSPS) is 12.8. The number of oxime groups is 1. The van der Waals surface area contributed by atoms with Crippen LogP contribution >= 0.6 is 0 Å². The van der Waals surface area contributed by atoms with Crippen molar-refractivity contribution in [1.29, 1.82) is 0 Å². The average molecular weight is 285 g/mol. The molecule has 0 aromatic heterocycles. The predicted molar refractivity (Wildman–Crippen MR) is 82.7 cm³/mol. The molecule has 0 rings (SSSR count). The highest BCUT2D eigenvalue weighted by molar-refractivity contribution is 6.06. The van der Waals surface area contributed by atoms with Crippen LogP contribution in [0.1, 0.15) is 66.2 Å². The van der Waals surface area contributed by atoms with Crippen molar-refractivity contribution >= 4 is 11.7 Å². The smallest absolute Gasteiger partial charge is 0.233 e. The number of carbonyl (C=O) groups is 1. The van der Waals surface area contributed by atoms with Crippen LogP contribution in [0.5, 0.6) is 0 Å². The highest BCUT2D eigenvalue weighted by Crippen LogP contribution is 2.31. The molecule has 0 saturated heterocycles. The van der Waals surface area contributed by atoms with Crippen molar-refractivity contribution in [2.24, 2.45) is 22.2 Å². The molecule has 1 amide bonds. The maximum absolute atomic E-state index is 12.6. The fourth-order valence-electron chi connectivity index (χ4n) is 2.66. The fraction of sp³-hybridized carbons (Fsp3) is 0.867. The van der Waals surface area contributed by atoms with Gasteiger partial charge in [0.05, 0.1) is 0 Å². The molecular weight excluding hydrogens is 254 g/mol. The van der Waals surface area contributed by atoms with E-state index in [0.29, 0.717) is 25.3 Å². The van der Waals surface area contributed by atoms with Gasteiger partial charge in [-0.3, -0.25) is 4.79 Å². The van der Waals surface area contributed by atoms with Crippen LogP contribution in [0.2, 0.25) is 0 Å². The first-order valence-electron chi connectivity index (χ1n) is 7.78. The Morgan fingerprint density at radius 1 is 1.20 bits per heavy atom. The SMILES string of the molecule is CCCC(CCC)(C(=O)NCC(CC)CC)C(N)=NO. The molecule has 0 bridgehead atoms. The van der Waals surface area contributed by atoms with Crippen molar-refractivity contribution in [1.82, 2.24) is 5.32 Å². The number of hydrogen-bond acceptors (Lipinski definition) is 3. The maximum atomic E-state index is 12.6. The van der Waals surface area contributed by atoms with E-state index in [1.165, 1.54) is 0 Å². The van der Waals surface area contributed by atoms with E-state index in [0.717, 1.165) is 25.7 Å². The molecule has 0 unspecified atom stereocenters. The second kappa shape index (κ2) is 9.61. The number of nitrogens with zero attached hydrogens (tertiary/aromatic N) is 1. The molecule has 5 heteroatoms. The summed E-state index contributed by atoms with van der Waals surface area (Å²) in [4.78, 5) is 12.6.